The lowest BCUT2D eigenvalue weighted by Crippen LogP contribution is -2.11. The van der Waals surface area contributed by atoms with Crippen LogP contribution in [0.5, 0.6) is 5.75 Å². The molecule has 104 valence electrons. The molecule has 2 aromatic carbocycles. The van der Waals surface area contributed by atoms with Crippen molar-refractivity contribution < 1.29 is 4.74 Å². The first-order valence-electron chi connectivity index (χ1n) is 6.38. The molecule has 0 spiro atoms. The van der Waals surface area contributed by atoms with Crippen molar-refractivity contribution >= 4 is 22.9 Å². The van der Waals surface area contributed by atoms with E-state index in [0.717, 1.165) is 28.1 Å². The Hall–Kier alpha value is -2.07. The lowest BCUT2D eigenvalue weighted by atomic mass is 10.1. The molecule has 0 saturated heterocycles. The van der Waals surface area contributed by atoms with Crippen molar-refractivity contribution in [2.24, 2.45) is 5.73 Å². The smallest absolute Gasteiger partial charge is 0.123 e. The molecule has 0 aromatic heterocycles. The highest BCUT2D eigenvalue weighted by atomic mass is 32.1. The summed E-state index contributed by atoms with van der Waals surface area (Å²) in [5, 5.41) is 3.38. The van der Waals surface area contributed by atoms with Crippen LogP contribution in [-0.4, -0.2) is 12.1 Å². The van der Waals surface area contributed by atoms with Gasteiger partial charge in [0.15, 0.2) is 0 Å². The Labute approximate surface area is 124 Å². The number of nitrogens with one attached hydrogen (secondary N) is 1. The number of methoxy groups -OCH3 is 1. The van der Waals surface area contributed by atoms with Gasteiger partial charge in [-0.15, -0.1) is 0 Å². The maximum atomic E-state index is 5.66. The van der Waals surface area contributed by atoms with E-state index in [1.807, 2.05) is 49.4 Å². The van der Waals surface area contributed by atoms with Crippen LogP contribution in [0, 0.1) is 6.92 Å². The van der Waals surface area contributed by atoms with E-state index < -0.39 is 0 Å². The second-order valence-corrected chi connectivity index (χ2v) is 5.00. The van der Waals surface area contributed by atoms with Gasteiger partial charge in [-0.25, -0.2) is 0 Å². The quantitative estimate of drug-likeness (QED) is 0.828. The number of benzene rings is 2. The van der Waals surface area contributed by atoms with Gasteiger partial charge in [0.2, 0.25) is 0 Å². The Bertz CT molecular complexity index is 626. The minimum absolute atomic E-state index is 0.429. The van der Waals surface area contributed by atoms with E-state index in [0.29, 0.717) is 11.5 Å². The van der Waals surface area contributed by atoms with Gasteiger partial charge in [0.25, 0.3) is 0 Å². The first-order chi connectivity index (χ1) is 9.61. The lowest BCUT2D eigenvalue weighted by molar-refractivity contribution is 0.410. The van der Waals surface area contributed by atoms with Crippen LogP contribution in [0.1, 0.15) is 16.7 Å². The molecule has 0 aliphatic carbocycles. The van der Waals surface area contributed by atoms with Crippen LogP contribution in [0.4, 0.5) is 5.69 Å². The Morgan fingerprint density at radius 3 is 2.65 bits per heavy atom. The van der Waals surface area contributed by atoms with E-state index in [4.69, 9.17) is 22.7 Å². The van der Waals surface area contributed by atoms with Gasteiger partial charge in [0, 0.05) is 23.4 Å². The van der Waals surface area contributed by atoms with Gasteiger partial charge in [-0.05, 0) is 36.8 Å². The summed E-state index contributed by atoms with van der Waals surface area (Å²) in [6.07, 6.45) is 0. The average molecular weight is 286 g/mol. The first kappa shape index (κ1) is 14.3. The highest BCUT2D eigenvalue weighted by Gasteiger charge is 2.04. The van der Waals surface area contributed by atoms with Crippen molar-refractivity contribution in [1.29, 1.82) is 0 Å². The van der Waals surface area contributed by atoms with E-state index in [1.54, 1.807) is 7.11 Å². The lowest BCUT2D eigenvalue weighted by Gasteiger charge is -2.12. The molecule has 20 heavy (non-hydrogen) atoms. The molecule has 3 nitrogen and oxygen atoms in total. The maximum absolute atomic E-state index is 5.66. The molecule has 0 saturated carbocycles. The number of hydrogen-bond acceptors (Lipinski definition) is 3. The molecule has 4 heteroatoms. The summed E-state index contributed by atoms with van der Waals surface area (Å²) in [4.78, 5) is 0.429. The Kier molecular flexibility index (Phi) is 4.58. The van der Waals surface area contributed by atoms with Crippen LogP contribution in [-0.2, 0) is 6.54 Å². The first-order valence-corrected chi connectivity index (χ1v) is 6.79. The fourth-order valence-corrected chi connectivity index (χ4v) is 2.33. The third kappa shape index (κ3) is 3.27. The van der Waals surface area contributed by atoms with Crippen molar-refractivity contribution in [2.45, 2.75) is 13.5 Å². The molecule has 0 aliphatic rings. The summed E-state index contributed by atoms with van der Waals surface area (Å²) in [5.74, 6) is 0.886. The summed E-state index contributed by atoms with van der Waals surface area (Å²) in [6.45, 7) is 2.71. The summed E-state index contributed by atoms with van der Waals surface area (Å²) in [7, 11) is 1.68. The summed E-state index contributed by atoms with van der Waals surface area (Å²) in [6, 6.07) is 13.9. The highest BCUT2D eigenvalue weighted by Crippen LogP contribution is 2.20. The van der Waals surface area contributed by atoms with Crippen LogP contribution in [0.2, 0.25) is 0 Å². The van der Waals surface area contributed by atoms with Crippen LogP contribution in [0.3, 0.4) is 0 Å². The van der Waals surface area contributed by atoms with Gasteiger partial charge < -0.3 is 15.8 Å². The molecule has 2 aromatic rings. The largest absolute Gasteiger partial charge is 0.496 e. The fraction of sp³-hybridized carbons (Fsp3) is 0.188. The van der Waals surface area contributed by atoms with Crippen LogP contribution in [0.25, 0.3) is 0 Å². The zero-order valence-corrected chi connectivity index (χ0v) is 12.5. The average Bonchev–Trinajstić information content (AvgIpc) is 2.45. The second kappa shape index (κ2) is 6.39. The number of aryl methyl sites for hydroxylation is 1. The zero-order chi connectivity index (χ0) is 14.5. The summed E-state index contributed by atoms with van der Waals surface area (Å²) < 4.78 is 5.33. The third-order valence-corrected chi connectivity index (χ3v) is 3.39. The molecule has 3 N–H and O–H groups in total. The minimum atomic E-state index is 0.429. The van der Waals surface area contributed by atoms with Gasteiger partial charge >= 0.3 is 0 Å². The number of nitrogens with two attached hydrogens (primary N) is 1. The van der Waals surface area contributed by atoms with E-state index in [-0.39, 0.29) is 0 Å². The molecule has 0 fully saturated rings. The van der Waals surface area contributed by atoms with Gasteiger partial charge in [0.1, 0.15) is 10.7 Å². The molecule has 0 aliphatic heterocycles. The Balaban J connectivity index is 2.11. The SMILES string of the molecule is COc1ccccc1CNc1ccc(C(N)=S)c(C)c1. The normalized spacial score (nSPS) is 10.1. The zero-order valence-electron chi connectivity index (χ0n) is 11.6. The fourth-order valence-electron chi connectivity index (χ4n) is 2.10. The Morgan fingerprint density at radius 2 is 2.00 bits per heavy atom. The molecule has 0 bridgehead atoms. The molecule has 0 radical (unpaired) electrons. The number of rotatable bonds is 5. The van der Waals surface area contributed by atoms with Crippen LogP contribution >= 0.6 is 12.2 Å². The molecule has 0 unspecified atom stereocenters. The minimum Gasteiger partial charge on any atom is -0.496 e. The summed E-state index contributed by atoms with van der Waals surface area (Å²) in [5.41, 5.74) is 9.81. The van der Waals surface area contributed by atoms with Crippen molar-refractivity contribution in [3.05, 3.63) is 59.2 Å². The van der Waals surface area contributed by atoms with E-state index >= 15 is 0 Å². The molecule has 0 heterocycles. The topological polar surface area (TPSA) is 47.3 Å². The van der Waals surface area contributed by atoms with Gasteiger partial charge in [-0.3, -0.25) is 0 Å². The highest BCUT2D eigenvalue weighted by molar-refractivity contribution is 7.80. The second-order valence-electron chi connectivity index (χ2n) is 4.56. The number of anilines is 1. The molecular formula is C16H18N2OS. The third-order valence-electron chi connectivity index (χ3n) is 3.17. The van der Waals surface area contributed by atoms with Crippen LogP contribution < -0.4 is 15.8 Å². The van der Waals surface area contributed by atoms with E-state index in [1.165, 1.54) is 0 Å². The van der Waals surface area contributed by atoms with Crippen molar-refractivity contribution in [3.63, 3.8) is 0 Å². The van der Waals surface area contributed by atoms with Crippen molar-refractivity contribution in [2.75, 3.05) is 12.4 Å². The molecule has 0 amide bonds. The molecule has 2 rings (SSSR count). The number of para-hydroxylation sites is 1. The maximum Gasteiger partial charge on any atom is 0.123 e. The monoisotopic (exact) mass is 286 g/mol. The number of ether oxygens (including phenoxy) is 1. The molecule has 0 atom stereocenters. The van der Waals surface area contributed by atoms with Crippen molar-refractivity contribution in [3.8, 4) is 5.75 Å². The van der Waals surface area contributed by atoms with Gasteiger partial charge in [-0.1, -0.05) is 30.4 Å². The Morgan fingerprint density at radius 1 is 1.25 bits per heavy atom. The van der Waals surface area contributed by atoms with Crippen LogP contribution in [0.15, 0.2) is 42.5 Å². The summed E-state index contributed by atoms with van der Waals surface area (Å²) >= 11 is 5.01. The number of hydrogen-bond donors (Lipinski definition) is 2. The van der Waals surface area contributed by atoms with Gasteiger partial charge in [0.05, 0.1) is 7.11 Å². The predicted molar refractivity (Wildman–Crippen MR) is 87.4 cm³/mol. The predicted octanol–water partition coefficient (Wildman–Crippen LogP) is 3.25. The standard InChI is InChI=1S/C16H18N2OS/c1-11-9-13(7-8-14(11)16(17)20)18-10-12-5-3-4-6-15(12)19-2/h3-9,18H,10H2,1-2H3,(H2,17,20). The number of thiocarbonyl (C=S) groups is 1. The van der Waals surface area contributed by atoms with Gasteiger partial charge in [-0.2, -0.15) is 0 Å². The van der Waals surface area contributed by atoms with E-state index in [9.17, 15) is 0 Å². The molecular weight excluding hydrogens is 268 g/mol. The van der Waals surface area contributed by atoms with E-state index in [2.05, 4.69) is 5.32 Å². The van der Waals surface area contributed by atoms with Crippen molar-refractivity contribution in [1.82, 2.24) is 0 Å².